The highest BCUT2D eigenvalue weighted by molar-refractivity contribution is 9.10. The largest absolute Gasteiger partial charge is 0.457 e. The molecule has 2 unspecified atom stereocenters. The van der Waals surface area contributed by atoms with Crippen molar-refractivity contribution in [3.05, 3.63) is 22.6 Å². The first kappa shape index (κ1) is 12.6. The summed E-state index contributed by atoms with van der Waals surface area (Å²) >= 11 is 3.25. The van der Waals surface area contributed by atoms with Crippen molar-refractivity contribution in [2.24, 2.45) is 5.73 Å². The first-order chi connectivity index (χ1) is 8.15. The number of amides is 1. The first-order valence-corrected chi connectivity index (χ1v) is 6.70. The molecular formula is C12H17BrN2O2. The molecule has 0 aromatic carbocycles. The quantitative estimate of drug-likeness (QED) is 0.912. The van der Waals surface area contributed by atoms with Crippen LogP contribution in [0.5, 0.6) is 0 Å². The number of hydrogen-bond acceptors (Lipinski definition) is 3. The molecule has 1 aromatic rings. The minimum Gasteiger partial charge on any atom is -0.457 e. The van der Waals surface area contributed by atoms with Gasteiger partial charge in [-0.1, -0.05) is 0 Å². The molecule has 2 rings (SSSR count). The van der Waals surface area contributed by atoms with Crippen LogP contribution in [0.3, 0.4) is 0 Å². The van der Waals surface area contributed by atoms with Gasteiger partial charge in [-0.25, -0.2) is 0 Å². The summed E-state index contributed by atoms with van der Waals surface area (Å²) in [7, 11) is 0. The number of carbonyl (C=O) groups is 1. The molecule has 0 saturated carbocycles. The third kappa shape index (κ3) is 2.40. The molecule has 1 fully saturated rings. The number of rotatable bonds is 2. The fourth-order valence-electron chi connectivity index (χ4n) is 2.47. The van der Waals surface area contributed by atoms with Crippen molar-refractivity contribution in [3.63, 3.8) is 0 Å². The summed E-state index contributed by atoms with van der Waals surface area (Å²) in [6, 6.07) is 2.08. The lowest BCUT2D eigenvalue weighted by molar-refractivity contribution is 0.0492. The molecule has 0 radical (unpaired) electrons. The fourth-order valence-corrected chi connectivity index (χ4v) is 2.88. The normalized spacial score (nSPS) is 25.0. The minimum absolute atomic E-state index is 0.00766. The summed E-state index contributed by atoms with van der Waals surface area (Å²) in [6.07, 6.45) is 4.68. The minimum atomic E-state index is 0.00766. The van der Waals surface area contributed by atoms with E-state index in [2.05, 4.69) is 22.9 Å². The van der Waals surface area contributed by atoms with Crippen molar-refractivity contribution >= 4 is 21.8 Å². The van der Waals surface area contributed by atoms with E-state index in [-0.39, 0.29) is 18.0 Å². The molecular weight excluding hydrogens is 284 g/mol. The number of halogens is 1. The molecule has 5 heteroatoms. The van der Waals surface area contributed by atoms with Crippen molar-refractivity contribution < 1.29 is 9.21 Å². The SMILES string of the molecule is CC1CCCC(CN)N1C(=O)c1ccoc1Br. The lowest BCUT2D eigenvalue weighted by Crippen LogP contribution is -2.51. The maximum absolute atomic E-state index is 12.4. The van der Waals surface area contributed by atoms with E-state index in [4.69, 9.17) is 10.2 Å². The highest BCUT2D eigenvalue weighted by Crippen LogP contribution is 2.27. The predicted molar refractivity (Wildman–Crippen MR) is 68.7 cm³/mol. The molecule has 94 valence electrons. The number of hydrogen-bond donors (Lipinski definition) is 1. The first-order valence-electron chi connectivity index (χ1n) is 5.91. The zero-order valence-corrected chi connectivity index (χ0v) is 11.4. The van der Waals surface area contributed by atoms with Crippen molar-refractivity contribution in [3.8, 4) is 0 Å². The summed E-state index contributed by atoms with van der Waals surface area (Å²) in [4.78, 5) is 14.3. The molecule has 1 aromatic heterocycles. The molecule has 17 heavy (non-hydrogen) atoms. The van der Waals surface area contributed by atoms with Gasteiger partial charge < -0.3 is 15.1 Å². The highest BCUT2D eigenvalue weighted by atomic mass is 79.9. The number of carbonyl (C=O) groups excluding carboxylic acids is 1. The van der Waals surface area contributed by atoms with E-state index < -0.39 is 0 Å². The van der Waals surface area contributed by atoms with Gasteiger partial charge in [0.2, 0.25) is 0 Å². The molecule has 0 spiro atoms. The van der Waals surface area contributed by atoms with Gasteiger partial charge in [0.15, 0.2) is 4.67 Å². The van der Waals surface area contributed by atoms with E-state index in [1.165, 1.54) is 6.26 Å². The van der Waals surface area contributed by atoms with E-state index in [1.54, 1.807) is 6.07 Å². The zero-order chi connectivity index (χ0) is 12.4. The van der Waals surface area contributed by atoms with Gasteiger partial charge in [0.05, 0.1) is 11.8 Å². The molecule has 1 aliphatic rings. The van der Waals surface area contributed by atoms with Crippen LogP contribution in [0.25, 0.3) is 0 Å². The van der Waals surface area contributed by atoms with Gasteiger partial charge in [0.25, 0.3) is 5.91 Å². The van der Waals surface area contributed by atoms with E-state index in [1.807, 2.05) is 4.90 Å². The lowest BCUT2D eigenvalue weighted by Gasteiger charge is -2.40. The van der Waals surface area contributed by atoms with Crippen LogP contribution >= 0.6 is 15.9 Å². The van der Waals surface area contributed by atoms with Gasteiger partial charge in [0.1, 0.15) is 0 Å². The van der Waals surface area contributed by atoms with Crippen LogP contribution in [-0.2, 0) is 0 Å². The molecule has 4 nitrogen and oxygen atoms in total. The third-order valence-electron chi connectivity index (χ3n) is 3.38. The smallest absolute Gasteiger partial charge is 0.258 e. The maximum atomic E-state index is 12.4. The van der Waals surface area contributed by atoms with Crippen LogP contribution < -0.4 is 5.73 Å². The summed E-state index contributed by atoms with van der Waals surface area (Å²) < 4.78 is 5.61. The summed E-state index contributed by atoms with van der Waals surface area (Å²) in [5.74, 6) is 0.00766. The van der Waals surface area contributed by atoms with Gasteiger partial charge in [-0.3, -0.25) is 4.79 Å². The molecule has 0 bridgehead atoms. The Balaban J connectivity index is 2.24. The van der Waals surface area contributed by atoms with Crippen LogP contribution in [0.2, 0.25) is 0 Å². The Hall–Kier alpha value is -0.810. The van der Waals surface area contributed by atoms with Gasteiger partial charge in [-0.2, -0.15) is 0 Å². The van der Waals surface area contributed by atoms with Crippen molar-refractivity contribution in [1.29, 1.82) is 0 Å². The van der Waals surface area contributed by atoms with Crippen LogP contribution in [0.15, 0.2) is 21.4 Å². The lowest BCUT2D eigenvalue weighted by atomic mass is 9.95. The molecule has 1 amide bonds. The molecule has 2 N–H and O–H groups in total. The number of nitrogens with zero attached hydrogens (tertiary/aromatic N) is 1. The van der Waals surface area contributed by atoms with E-state index in [9.17, 15) is 4.79 Å². The number of furan rings is 1. The fraction of sp³-hybridized carbons (Fsp3) is 0.583. The Bertz CT molecular complexity index is 405. The van der Waals surface area contributed by atoms with Crippen LogP contribution in [0.4, 0.5) is 0 Å². The zero-order valence-electron chi connectivity index (χ0n) is 9.86. The van der Waals surface area contributed by atoms with Gasteiger partial charge in [0, 0.05) is 18.6 Å². The number of nitrogens with two attached hydrogens (primary N) is 1. The average Bonchev–Trinajstić information content (AvgIpc) is 2.74. The molecule has 2 atom stereocenters. The van der Waals surface area contributed by atoms with Crippen LogP contribution in [0, 0.1) is 0 Å². The van der Waals surface area contributed by atoms with Crippen molar-refractivity contribution in [2.75, 3.05) is 6.54 Å². The second-order valence-corrected chi connectivity index (χ2v) is 5.21. The van der Waals surface area contributed by atoms with Gasteiger partial charge >= 0.3 is 0 Å². The van der Waals surface area contributed by atoms with Crippen LogP contribution in [0.1, 0.15) is 36.5 Å². The predicted octanol–water partition coefficient (Wildman–Crippen LogP) is 2.38. The van der Waals surface area contributed by atoms with E-state index in [0.717, 1.165) is 19.3 Å². The average molecular weight is 301 g/mol. The molecule has 2 heterocycles. The molecule has 1 aliphatic heterocycles. The van der Waals surface area contributed by atoms with Gasteiger partial charge in [-0.15, -0.1) is 0 Å². The highest BCUT2D eigenvalue weighted by Gasteiger charge is 2.32. The molecule has 0 aliphatic carbocycles. The van der Waals surface area contributed by atoms with E-state index >= 15 is 0 Å². The number of likely N-dealkylation sites (tertiary alicyclic amines) is 1. The monoisotopic (exact) mass is 300 g/mol. The summed E-state index contributed by atoms with van der Waals surface area (Å²) in [6.45, 7) is 2.60. The Kier molecular flexibility index (Phi) is 3.89. The van der Waals surface area contributed by atoms with Crippen molar-refractivity contribution in [2.45, 2.75) is 38.3 Å². The third-order valence-corrected chi connectivity index (χ3v) is 4.00. The maximum Gasteiger partial charge on any atom is 0.258 e. The topological polar surface area (TPSA) is 59.5 Å². The Morgan fingerprint density at radius 3 is 3.00 bits per heavy atom. The van der Waals surface area contributed by atoms with Crippen molar-refractivity contribution in [1.82, 2.24) is 4.90 Å². The van der Waals surface area contributed by atoms with E-state index in [0.29, 0.717) is 16.8 Å². The Morgan fingerprint density at radius 1 is 1.65 bits per heavy atom. The second kappa shape index (κ2) is 5.23. The number of piperidine rings is 1. The summed E-state index contributed by atoms with van der Waals surface area (Å²) in [5.41, 5.74) is 6.34. The van der Waals surface area contributed by atoms with Gasteiger partial charge in [-0.05, 0) is 48.2 Å². The summed E-state index contributed by atoms with van der Waals surface area (Å²) in [5, 5.41) is 0. The van der Waals surface area contributed by atoms with Crippen LogP contribution in [-0.4, -0.2) is 29.4 Å². The molecule has 1 saturated heterocycles. The second-order valence-electron chi connectivity index (χ2n) is 4.49. The Labute approximate surface area is 109 Å². The Morgan fingerprint density at radius 2 is 2.41 bits per heavy atom. The standard InChI is InChI=1S/C12H17BrN2O2/c1-8-3-2-4-9(7-14)15(8)12(16)10-5-6-17-11(10)13/h5-6,8-9H,2-4,7,14H2,1H3.